The third-order valence-electron chi connectivity index (χ3n) is 7.87. The molecule has 0 radical (unpaired) electrons. The van der Waals surface area contributed by atoms with Crippen LogP contribution in [0.5, 0.6) is 23.0 Å². The molecule has 0 aromatic heterocycles. The number of carbonyl (C=O) groups is 1. The quantitative estimate of drug-likeness (QED) is 0.520. The van der Waals surface area contributed by atoms with Crippen molar-refractivity contribution in [3.8, 4) is 23.0 Å². The molecule has 7 nitrogen and oxygen atoms in total. The number of likely N-dealkylation sites (N-methyl/N-ethyl adjacent to an activating group) is 1. The fraction of sp³-hybridized carbons (Fsp3) is 0.552. The number of hydrogen-bond acceptors (Lipinski definition) is 6. The summed E-state index contributed by atoms with van der Waals surface area (Å²) in [6.07, 6.45) is 6.64. The maximum absolute atomic E-state index is 13.3. The molecule has 2 aromatic rings. The summed E-state index contributed by atoms with van der Waals surface area (Å²) in [5.74, 6) is 3.16. The first-order chi connectivity index (χ1) is 17.5. The molecule has 0 bridgehead atoms. The molecule has 1 fully saturated rings. The molecular weight excluding hydrogens is 456 g/mol. The Morgan fingerprint density at radius 2 is 1.56 bits per heavy atom. The summed E-state index contributed by atoms with van der Waals surface area (Å²) in [6, 6.07) is 10.9. The average Bonchev–Trinajstić information content (AvgIpc) is 3.08. The Balaban J connectivity index is 1.38. The van der Waals surface area contributed by atoms with Crippen LogP contribution in [0.3, 0.4) is 0 Å². The minimum absolute atomic E-state index is 0.222. The Morgan fingerprint density at radius 1 is 0.889 bits per heavy atom. The molecule has 4 rings (SSSR count). The molecule has 196 valence electrons. The second kappa shape index (κ2) is 11.9. The summed E-state index contributed by atoms with van der Waals surface area (Å²) in [7, 11) is 8.84. The number of nitrogens with zero attached hydrogens (tertiary/aromatic N) is 2. The Kier molecular flexibility index (Phi) is 8.62. The lowest BCUT2D eigenvalue weighted by Crippen LogP contribution is -2.48. The van der Waals surface area contributed by atoms with Gasteiger partial charge in [-0.25, -0.2) is 0 Å². The zero-order valence-corrected chi connectivity index (χ0v) is 22.3. The van der Waals surface area contributed by atoms with E-state index in [9.17, 15) is 4.79 Å². The molecule has 2 aliphatic rings. The van der Waals surface area contributed by atoms with Gasteiger partial charge in [-0.3, -0.25) is 4.79 Å². The lowest BCUT2D eigenvalue weighted by Gasteiger charge is -2.40. The van der Waals surface area contributed by atoms with Gasteiger partial charge in [0.2, 0.25) is 5.91 Å². The highest BCUT2D eigenvalue weighted by molar-refractivity contribution is 5.80. The Hall–Kier alpha value is -2.93. The normalized spacial score (nSPS) is 20.1. The molecule has 0 saturated heterocycles. The van der Waals surface area contributed by atoms with Crippen molar-refractivity contribution in [1.82, 2.24) is 9.80 Å². The van der Waals surface area contributed by atoms with Gasteiger partial charge in [-0.2, -0.15) is 0 Å². The highest BCUT2D eigenvalue weighted by Crippen LogP contribution is 2.34. The summed E-state index contributed by atoms with van der Waals surface area (Å²) in [5.41, 5.74) is 3.47. The number of ether oxygens (including phenoxy) is 4. The van der Waals surface area contributed by atoms with Gasteiger partial charge < -0.3 is 28.7 Å². The molecule has 0 N–H and O–H groups in total. The van der Waals surface area contributed by atoms with Crippen LogP contribution in [0.15, 0.2) is 30.3 Å². The maximum atomic E-state index is 13.3. The molecule has 1 amide bonds. The lowest BCUT2D eigenvalue weighted by molar-refractivity contribution is -0.133. The van der Waals surface area contributed by atoms with Gasteiger partial charge >= 0.3 is 0 Å². The third-order valence-corrected chi connectivity index (χ3v) is 7.87. The van der Waals surface area contributed by atoms with Crippen LogP contribution in [0, 0.1) is 0 Å². The fourth-order valence-electron chi connectivity index (χ4n) is 5.72. The molecular formula is C29H40N2O5. The first-order valence-corrected chi connectivity index (χ1v) is 12.9. The Morgan fingerprint density at radius 3 is 2.25 bits per heavy atom. The van der Waals surface area contributed by atoms with E-state index in [1.165, 1.54) is 17.5 Å². The van der Waals surface area contributed by atoms with Crippen molar-refractivity contribution < 1.29 is 23.7 Å². The second-order valence-corrected chi connectivity index (χ2v) is 9.88. The van der Waals surface area contributed by atoms with Gasteiger partial charge in [-0.15, -0.1) is 0 Å². The monoisotopic (exact) mass is 496 g/mol. The van der Waals surface area contributed by atoms with Gasteiger partial charge in [0.1, 0.15) is 0 Å². The molecule has 36 heavy (non-hydrogen) atoms. The molecule has 1 aliphatic carbocycles. The summed E-state index contributed by atoms with van der Waals surface area (Å²) in [6.45, 7) is 1.72. The lowest BCUT2D eigenvalue weighted by atomic mass is 9.88. The van der Waals surface area contributed by atoms with Crippen molar-refractivity contribution >= 4 is 5.91 Å². The molecule has 2 unspecified atom stereocenters. The van der Waals surface area contributed by atoms with Gasteiger partial charge in [0.15, 0.2) is 23.0 Å². The number of benzene rings is 2. The second-order valence-electron chi connectivity index (χ2n) is 9.88. The number of rotatable bonds is 9. The largest absolute Gasteiger partial charge is 0.493 e. The van der Waals surface area contributed by atoms with Crippen molar-refractivity contribution in [2.24, 2.45) is 0 Å². The van der Waals surface area contributed by atoms with Crippen molar-refractivity contribution in [1.29, 1.82) is 0 Å². The number of methoxy groups -OCH3 is 4. The molecule has 2 atom stereocenters. The number of amides is 1. The van der Waals surface area contributed by atoms with E-state index in [2.05, 4.69) is 29.0 Å². The van der Waals surface area contributed by atoms with Crippen LogP contribution < -0.4 is 18.9 Å². The van der Waals surface area contributed by atoms with E-state index in [0.29, 0.717) is 18.2 Å². The van der Waals surface area contributed by atoms with Gasteiger partial charge in [-0.1, -0.05) is 6.07 Å². The third kappa shape index (κ3) is 5.72. The zero-order valence-electron chi connectivity index (χ0n) is 22.3. The van der Waals surface area contributed by atoms with Crippen LogP contribution in [-0.4, -0.2) is 76.4 Å². The molecule has 0 spiro atoms. The predicted octanol–water partition coefficient (Wildman–Crippen LogP) is 4.13. The van der Waals surface area contributed by atoms with E-state index in [1.807, 2.05) is 18.2 Å². The SMILES string of the molecule is COc1ccc(CCN(C)C2CCCC(N3CCc4cc(OC)c(OC)cc4CC3=O)C2)cc1OC. The highest BCUT2D eigenvalue weighted by atomic mass is 16.5. The first-order valence-electron chi connectivity index (χ1n) is 12.9. The van der Waals surface area contributed by atoms with Gasteiger partial charge in [-0.05, 0) is 86.5 Å². The molecule has 1 saturated carbocycles. The van der Waals surface area contributed by atoms with Crippen LogP contribution in [0.1, 0.15) is 42.4 Å². The molecule has 1 heterocycles. The van der Waals surface area contributed by atoms with Crippen LogP contribution in [-0.2, 0) is 24.1 Å². The summed E-state index contributed by atoms with van der Waals surface area (Å²) >= 11 is 0. The van der Waals surface area contributed by atoms with Crippen molar-refractivity contribution in [2.45, 2.75) is 57.0 Å². The average molecular weight is 497 g/mol. The molecule has 1 aliphatic heterocycles. The minimum atomic E-state index is 0.222. The van der Waals surface area contributed by atoms with Gasteiger partial charge in [0.05, 0.1) is 34.9 Å². The van der Waals surface area contributed by atoms with Crippen LogP contribution >= 0.6 is 0 Å². The summed E-state index contributed by atoms with van der Waals surface area (Å²) in [4.78, 5) is 18.0. The van der Waals surface area contributed by atoms with Gasteiger partial charge in [0, 0.05) is 25.2 Å². The van der Waals surface area contributed by atoms with Crippen LogP contribution in [0.2, 0.25) is 0 Å². The number of fused-ring (bicyclic) bond motifs is 1. The Bertz CT molecular complexity index is 1060. The smallest absolute Gasteiger partial charge is 0.227 e. The van der Waals surface area contributed by atoms with E-state index in [4.69, 9.17) is 18.9 Å². The van der Waals surface area contributed by atoms with E-state index >= 15 is 0 Å². The van der Waals surface area contributed by atoms with E-state index < -0.39 is 0 Å². The van der Waals surface area contributed by atoms with E-state index in [-0.39, 0.29) is 11.9 Å². The predicted molar refractivity (Wildman–Crippen MR) is 141 cm³/mol. The summed E-state index contributed by atoms with van der Waals surface area (Å²) < 4.78 is 21.8. The van der Waals surface area contributed by atoms with Gasteiger partial charge in [0.25, 0.3) is 0 Å². The maximum Gasteiger partial charge on any atom is 0.227 e. The standard InChI is InChI=1S/C29H40N2O5/c1-30(13-11-20-9-10-25(33-2)26(15-20)34-3)23-7-6-8-24(19-23)31-14-12-21-16-27(35-4)28(36-5)17-22(21)18-29(31)32/h9-10,15-17,23-24H,6-8,11-14,18-19H2,1-5H3. The van der Waals surface area contributed by atoms with E-state index in [1.54, 1.807) is 28.4 Å². The minimum Gasteiger partial charge on any atom is -0.493 e. The van der Waals surface area contributed by atoms with Crippen molar-refractivity contribution in [3.05, 3.63) is 47.0 Å². The first kappa shape index (κ1) is 26.1. The molecule has 2 aromatic carbocycles. The fourth-order valence-corrected chi connectivity index (χ4v) is 5.72. The highest BCUT2D eigenvalue weighted by Gasteiger charge is 2.33. The van der Waals surface area contributed by atoms with E-state index in [0.717, 1.165) is 68.0 Å². The molecule has 7 heteroatoms. The summed E-state index contributed by atoms with van der Waals surface area (Å²) in [5, 5.41) is 0. The van der Waals surface area contributed by atoms with Crippen LogP contribution in [0.25, 0.3) is 0 Å². The van der Waals surface area contributed by atoms with Crippen LogP contribution in [0.4, 0.5) is 0 Å². The van der Waals surface area contributed by atoms with Crippen molar-refractivity contribution in [3.63, 3.8) is 0 Å². The number of carbonyl (C=O) groups excluding carboxylic acids is 1. The number of hydrogen-bond donors (Lipinski definition) is 0. The topological polar surface area (TPSA) is 60.5 Å². The zero-order chi connectivity index (χ0) is 25.7. The van der Waals surface area contributed by atoms with Crippen molar-refractivity contribution in [2.75, 3.05) is 48.6 Å². The Labute approximate surface area is 215 Å².